The second-order valence-electron chi connectivity index (χ2n) is 6.99. The lowest BCUT2D eigenvalue weighted by Gasteiger charge is -2.23. The maximum atomic E-state index is 12.8. The van der Waals surface area contributed by atoms with Gasteiger partial charge in [0.2, 0.25) is 29.5 Å². The van der Waals surface area contributed by atoms with Gasteiger partial charge in [-0.15, -0.1) is 0 Å². The molecule has 32 heavy (non-hydrogen) atoms. The summed E-state index contributed by atoms with van der Waals surface area (Å²) in [5.41, 5.74) is 6.06. The van der Waals surface area contributed by atoms with Crippen LogP contribution in [-0.4, -0.2) is 70.8 Å². The van der Waals surface area contributed by atoms with Gasteiger partial charge in [0.15, 0.2) is 0 Å². The molecule has 11 nitrogen and oxygen atoms in total. The van der Waals surface area contributed by atoms with Crippen molar-refractivity contribution in [1.82, 2.24) is 21.3 Å². The molecule has 0 saturated carbocycles. The number of nitrogens with two attached hydrogens (primary N) is 1. The Kier molecular flexibility index (Phi) is 9.65. The van der Waals surface area contributed by atoms with Crippen LogP contribution in [0.5, 0.6) is 5.75 Å². The van der Waals surface area contributed by atoms with Crippen molar-refractivity contribution in [2.45, 2.75) is 31.5 Å². The number of rotatable bonds is 4. The Morgan fingerprint density at radius 1 is 1.09 bits per heavy atom. The highest BCUT2D eigenvalue weighted by Crippen LogP contribution is 2.23. The van der Waals surface area contributed by atoms with E-state index in [1.165, 1.54) is 40.6 Å². The van der Waals surface area contributed by atoms with Gasteiger partial charge in [-0.05, 0) is 17.7 Å². The molecule has 1 fully saturated rings. The molecule has 0 aromatic heterocycles. The van der Waals surface area contributed by atoms with Crippen molar-refractivity contribution in [2.24, 2.45) is 5.73 Å². The topological polar surface area (TPSA) is 180 Å². The molecule has 1 aromatic rings. The summed E-state index contributed by atoms with van der Waals surface area (Å²) in [6.45, 7) is 0.862. The van der Waals surface area contributed by atoms with Crippen LogP contribution in [-0.2, 0) is 30.4 Å². The number of phenols is 1. The molecule has 1 heterocycles. The van der Waals surface area contributed by atoms with E-state index in [4.69, 9.17) is 5.73 Å². The molecule has 2 rings (SSSR count). The number of primary amides is 1. The standard InChI is InChI=1S/C19H25N5O6S2/c1-10(25)22-15-9-32-31-8-14(17(20)28)24-19(30)13(23-16(27)7-21-18(15)29)6-11-2-4-12(26)5-3-11/h2-5,13-15,26H,6-9H2,1H3,(H2,20,28)(H,21,29)(H,22,25)(H,23,27)(H,24,30)/t13-,14-,15-/m0/s1. The van der Waals surface area contributed by atoms with E-state index in [1.807, 2.05) is 0 Å². The minimum atomic E-state index is -1.06. The van der Waals surface area contributed by atoms with Crippen LogP contribution < -0.4 is 27.0 Å². The van der Waals surface area contributed by atoms with E-state index in [0.717, 1.165) is 0 Å². The largest absolute Gasteiger partial charge is 0.508 e. The summed E-state index contributed by atoms with van der Waals surface area (Å²) in [7, 11) is 2.43. The van der Waals surface area contributed by atoms with Crippen LogP contribution in [0.3, 0.4) is 0 Å². The fourth-order valence-corrected chi connectivity index (χ4v) is 5.08. The van der Waals surface area contributed by atoms with Gasteiger partial charge >= 0.3 is 0 Å². The van der Waals surface area contributed by atoms with Crippen molar-refractivity contribution in [1.29, 1.82) is 0 Å². The maximum Gasteiger partial charge on any atom is 0.243 e. The van der Waals surface area contributed by atoms with Crippen molar-refractivity contribution < 1.29 is 29.1 Å². The number of amides is 5. The van der Waals surface area contributed by atoms with Gasteiger partial charge in [0.05, 0.1) is 6.54 Å². The average Bonchev–Trinajstić information content (AvgIpc) is 2.73. The lowest BCUT2D eigenvalue weighted by Crippen LogP contribution is -2.56. The number of carbonyl (C=O) groups excluding carboxylic acids is 5. The number of carbonyl (C=O) groups is 5. The zero-order valence-electron chi connectivity index (χ0n) is 17.3. The Balaban J connectivity index is 2.21. The molecule has 1 aliphatic heterocycles. The first-order valence-corrected chi connectivity index (χ1v) is 12.1. The minimum absolute atomic E-state index is 0.0491. The molecule has 0 aliphatic carbocycles. The summed E-state index contributed by atoms with van der Waals surface area (Å²) in [5.74, 6) is -2.59. The Morgan fingerprint density at radius 2 is 1.75 bits per heavy atom. The first-order chi connectivity index (χ1) is 15.2. The van der Waals surface area contributed by atoms with Crippen LogP contribution >= 0.6 is 21.6 Å². The summed E-state index contributed by atoms with van der Waals surface area (Å²) in [6.07, 6.45) is 0.0771. The Morgan fingerprint density at radius 3 is 2.38 bits per heavy atom. The zero-order valence-corrected chi connectivity index (χ0v) is 18.9. The lowest BCUT2D eigenvalue weighted by molar-refractivity contribution is -0.132. The third-order valence-corrected chi connectivity index (χ3v) is 6.78. The van der Waals surface area contributed by atoms with Crippen molar-refractivity contribution in [2.75, 3.05) is 18.1 Å². The van der Waals surface area contributed by atoms with Gasteiger partial charge in [0.25, 0.3) is 0 Å². The predicted molar refractivity (Wildman–Crippen MR) is 120 cm³/mol. The summed E-state index contributed by atoms with van der Waals surface area (Å²) in [4.78, 5) is 60.8. The highest BCUT2D eigenvalue weighted by atomic mass is 33.1. The van der Waals surface area contributed by atoms with E-state index in [-0.39, 0.29) is 23.7 Å². The molecule has 0 bridgehead atoms. The Labute approximate surface area is 192 Å². The maximum absolute atomic E-state index is 12.8. The van der Waals surface area contributed by atoms with Gasteiger partial charge in [-0.1, -0.05) is 33.7 Å². The molecule has 0 unspecified atom stereocenters. The van der Waals surface area contributed by atoms with Crippen LogP contribution in [0.25, 0.3) is 0 Å². The molecular formula is C19H25N5O6S2. The smallest absolute Gasteiger partial charge is 0.243 e. The first-order valence-electron chi connectivity index (χ1n) is 9.62. The van der Waals surface area contributed by atoms with E-state index in [0.29, 0.717) is 5.56 Å². The highest BCUT2D eigenvalue weighted by Gasteiger charge is 2.28. The lowest BCUT2D eigenvalue weighted by atomic mass is 10.0. The van der Waals surface area contributed by atoms with Gasteiger partial charge in [-0.25, -0.2) is 0 Å². The highest BCUT2D eigenvalue weighted by molar-refractivity contribution is 8.76. The Hall–Kier alpha value is -2.93. The molecule has 7 N–H and O–H groups in total. The monoisotopic (exact) mass is 483 g/mol. The minimum Gasteiger partial charge on any atom is -0.508 e. The van der Waals surface area contributed by atoms with Crippen molar-refractivity contribution in [3.8, 4) is 5.75 Å². The summed E-state index contributed by atoms with van der Waals surface area (Å²) >= 11 is 0. The third-order valence-electron chi connectivity index (χ3n) is 4.36. The van der Waals surface area contributed by atoms with Gasteiger partial charge in [-0.2, -0.15) is 0 Å². The SMILES string of the molecule is CC(=O)N[C@H]1CSSC[C@@H](C(N)=O)NC(=O)[C@H](Cc2ccc(O)cc2)NC(=O)CNC1=O. The van der Waals surface area contributed by atoms with Crippen molar-refractivity contribution >= 4 is 51.1 Å². The quantitative estimate of drug-likeness (QED) is 0.277. The second-order valence-corrected chi connectivity index (χ2v) is 9.55. The van der Waals surface area contributed by atoms with E-state index in [2.05, 4.69) is 21.3 Å². The zero-order chi connectivity index (χ0) is 23.7. The Bertz CT molecular complexity index is 866. The molecule has 1 aromatic carbocycles. The molecule has 3 atom stereocenters. The fraction of sp³-hybridized carbons (Fsp3) is 0.421. The van der Waals surface area contributed by atoms with Crippen molar-refractivity contribution in [3.05, 3.63) is 29.8 Å². The molecular weight excluding hydrogens is 458 g/mol. The molecule has 174 valence electrons. The van der Waals surface area contributed by atoms with Gasteiger partial charge < -0.3 is 32.1 Å². The molecule has 0 spiro atoms. The number of phenolic OH excluding ortho intramolecular Hbond substituents is 1. The summed E-state index contributed by atoms with van der Waals surface area (Å²) in [5, 5.41) is 19.5. The molecule has 1 aliphatic rings. The summed E-state index contributed by atoms with van der Waals surface area (Å²) < 4.78 is 0. The average molecular weight is 484 g/mol. The van der Waals surface area contributed by atoms with Crippen LogP contribution in [0.2, 0.25) is 0 Å². The van der Waals surface area contributed by atoms with Gasteiger partial charge in [-0.3, -0.25) is 24.0 Å². The van der Waals surface area contributed by atoms with E-state index in [9.17, 15) is 29.1 Å². The van der Waals surface area contributed by atoms with Gasteiger partial charge in [0.1, 0.15) is 23.9 Å². The van der Waals surface area contributed by atoms with Crippen LogP contribution in [0.4, 0.5) is 0 Å². The number of aromatic hydroxyl groups is 1. The first kappa shape index (κ1) is 25.3. The normalized spacial score (nSPS) is 23.2. The van der Waals surface area contributed by atoms with Crippen LogP contribution in [0.15, 0.2) is 24.3 Å². The molecule has 5 amide bonds. The van der Waals surface area contributed by atoms with E-state index >= 15 is 0 Å². The molecule has 13 heteroatoms. The third kappa shape index (κ3) is 8.30. The fourth-order valence-electron chi connectivity index (χ4n) is 2.74. The van der Waals surface area contributed by atoms with Gasteiger partial charge in [0, 0.05) is 24.9 Å². The number of hydrogen-bond donors (Lipinski definition) is 6. The van der Waals surface area contributed by atoms with Crippen LogP contribution in [0, 0.1) is 0 Å². The number of benzene rings is 1. The van der Waals surface area contributed by atoms with E-state index in [1.54, 1.807) is 12.1 Å². The summed E-state index contributed by atoms with van der Waals surface area (Å²) in [6, 6.07) is 3.14. The van der Waals surface area contributed by atoms with Crippen molar-refractivity contribution in [3.63, 3.8) is 0 Å². The predicted octanol–water partition coefficient (Wildman–Crippen LogP) is -1.59. The molecule has 1 saturated heterocycles. The number of hydrogen-bond acceptors (Lipinski definition) is 8. The number of nitrogens with one attached hydrogen (secondary N) is 4. The second kappa shape index (κ2) is 12.2. The van der Waals surface area contributed by atoms with E-state index < -0.39 is 54.2 Å². The molecule has 0 radical (unpaired) electrons. The van der Waals surface area contributed by atoms with Crippen LogP contribution in [0.1, 0.15) is 12.5 Å².